The van der Waals surface area contributed by atoms with Crippen LogP contribution >= 0.6 is 0 Å². The van der Waals surface area contributed by atoms with Gasteiger partial charge in [0.25, 0.3) is 0 Å². The van der Waals surface area contributed by atoms with E-state index >= 15 is 0 Å². The minimum absolute atomic E-state index is 0.0661. The van der Waals surface area contributed by atoms with Crippen LogP contribution in [0.1, 0.15) is 180 Å². The number of aromatic nitrogens is 15. The van der Waals surface area contributed by atoms with E-state index in [1.807, 2.05) is 25.2 Å². The SMILES string of the molecule is CN(c1nc2nc(N)nc(N)c2c2c1CCCC2)C1CCCCC1.COc1cc(CN(C)c2nc3nc(N)nc(N)c3c3c2CCCC3)cc(OC)c1.Nc1nc(N)c2c3c(c(N4Cc5ccccc5C4)nc2n1)CCCC3.Nc1nc(N)c2c3c(c(NCc4cc(F)cc(F)c4)nc2n1)CCCC3.Nc1nc(N)c2c3c(c(NCc4ccc(F)c(F)c4)nc2n1)CCCC3. The van der Waals surface area contributed by atoms with Crippen LogP contribution in [0.2, 0.25) is 0 Å². The number of hydrogen-bond donors (Lipinski definition) is 12. The fraction of sp³-hybridized carbons (Fsp3) is 0.372. The average molecular weight is 1770 g/mol. The van der Waals surface area contributed by atoms with Crippen LogP contribution < -0.4 is 92.1 Å². The van der Waals surface area contributed by atoms with Crippen LogP contribution in [0.5, 0.6) is 11.5 Å². The molecule has 0 atom stereocenters. The molecule has 22 N–H and O–H groups in total. The van der Waals surface area contributed by atoms with E-state index in [-0.39, 0.29) is 36.3 Å². The summed E-state index contributed by atoms with van der Waals surface area (Å²) in [6.07, 6.45) is 27.1. The third-order valence-corrected chi connectivity index (χ3v) is 25.6. The van der Waals surface area contributed by atoms with Gasteiger partial charge in [-0.05, 0) is 261 Å². The minimum atomic E-state index is -0.869. The van der Waals surface area contributed by atoms with Crippen molar-refractivity contribution < 1.29 is 27.0 Å². The number of fused-ring (bicyclic) bond motifs is 16. The third kappa shape index (κ3) is 18.6. The first-order chi connectivity index (χ1) is 62.9. The molecule has 0 spiro atoms. The van der Waals surface area contributed by atoms with Gasteiger partial charge in [0.15, 0.2) is 39.9 Å². The molecule has 1 fully saturated rings. The van der Waals surface area contributed by atoms with Crippen LogP contribution in [0.25, 0.3) is 55.2 Å². The molecule has 7 aliphatic rings. The molecule has 0 radical (unpaired) electrons. The first-order valence-corrected chi connectivity index (χ1v) is 44.5. The van der Waals surface area contributed by atoms with Gasteiger partial charge in [-0.1, -0.05) is 49.6 Å². The third-order valence-electron chi connectivity index (χ3n) is 25.6. The van der Waals surface area contributed by atoms with Crippen molar-refractivity contribution in [2.45, 2.75) is 199 Å². The number of aryl methyl sites for hydroxylation is 5. The molecule has 0 unspecified atom stereocenters. The van der Waals surface area contributed by atoms with Crippen molar-refractivity contribution in [3.8, 4) is 11.5 Å². The predicted molar refractivity (Wildman–Crippen MR) is 505 cm³/mol. The number of nitrogens with zero attached hydrogens (tertiary/aromatic N) is 18. The van der Waals surface area contributed by atoms with Crippen LogP contribution in [0.15, 0.2) is 78.9 Å². The van der Waals surface area contributed by atoms with Gasteiger partial charge in [-0.15, -0.1) is 0 Å². The average Bonchev–Trinajstić information content (AvgIpc) is 1.26. The van der Waals surface area contributed by atoms with E-state index in [0.29, 0.717) is 99.2 Å². The number of pyridine rings is 5. The van der Waals surface area contributed by atoms with E-state index in [0.717, 1.165) is 218 Å². The van der Waals surface area contributed by atoms with Crippen molar-refractivity contribution in [2.24, 2.45) is 0 Å². The van der Waals surface area contributed by atoms with E-state index in [1.165, 1.54) is 120 Å². The zero-order chi connectivity index (χ0) is 90.7. The summed E-state index contributed by atoms with van der Waals surface area (Å²) in [6.45, 7) is 2.98. The second-order valence-corrected chi connectivity index (χ2v) is 34.2. The molecule has 0 saturated heterocycles. The molecule has 21 rings (SSSR count). The smallest absolute Gasteiger partial charge is 0.224 e. The fourth-order valence-electron chi connectivity index (χ4n) is 19.6. The molecule has 1 saturated carbocycles. The Balaban J connectivity index is 0.000000114. The van der Waals surface area contributed by atoms with Crippen molar-refractivity contribution in [3.05, 3.63) is 186 Å². The minimum Gasteiger partial charge on any atom is -0.497 e. The normalized spacial score (nSPS) is 14.9. The summed E-state index contributed by atoms with van der Waals surface area (Å²) in [6, 6.07) is 22.3. The summed E-state index contributed by atoms with van der Waals surface area (Å²) in [4.78, 5) is 72.8. The number of nitrogens with two attached hydrogens (primary N) is 10. The number of methoxy groups -OCH3 is 2. The Hall–Kier alpha value is -14.4. The number of benzene rings is 4. The molecule has 32 nitrogen and oxygen atoms in total. The lowest BCUT2D eigenvalue weighted by Crippen LogP contribution is -2.35. The maximum atomic E-state index is 13.4. The van der Waals surface area contributed by atoms with Gasteiger partial charge in [-0.25, -0.2) is 42.5 Å². The molecule has 0 amide bonds. The number of nitrogens with one attached hydrogen (secondary N) is 2. The fourth-order valence-corrected chi connectivity index (χ4v) is 19.6. The number of anilines is 15. The summed E-state index contributed by atoms with van der Waals surface area (Å²) in [5, 5.41) is 10.6. The molecule has 0 bridgehead atoms. The number of halogens is 4. The number of nitrogen functional groups attached to an aromatic ring is 10. The van der Waals surface area contributed by atoms with Crippen LogP contribution in [0.3, 0.4) is 0 Å². The van der Waals surface area contributed by atoms with Crippen LogP contribution in [-0.2, 0) is 96.9 Å². The Kier molecular flexibility index (Phi) is 25.6. The van der Waals surface area contributed by atoms with Crippen molar-refractivity contribution in [1.82, 2.24) is 74.8 Å². The van der Waals surface area contributed by atoms with E-state index in [4.69, 9.17) is 81.8 Å². The molecule has 674 valence electrons. The highest BCUT2D eigenvalue weighted by molar-refractivity contribution is 5.97. The lowest BCUT2D eigenvalue weighted by molar-refractivity contribution is 0.393. The number of rotatable bonds is 14. The van der Waals surface area contributed by atoms with Crippen molar-refractivity contribution in [2.75, 3.05) is 111 Å². The van der Waals surface area contributed by atoms with Crippen LogP contribution in [0, 0.1) is 23.3 Å². The largest absolute Gasteiger partial charge is 0.497 e. The van der Waals surface area contributed by atoms with Gasteiger partial charge in [-0.3, -0.25) is 0 Å². The van der Waals surface area contributed by atoms with Crippen LogP contribution in [0.4, 0.5) is 105 Å². The Morgan fingerprint density at radius 1 is 0.354 bits per heavy atom. The zero-order valence-electron chi connectivity index (χ0n) is 73.4. The quantitative estimate of drug-likeness (QED) is 0.0450. The highest BCUT2D eigenvalue weighted by atomic mass is 19.2. The molecular formula is C94H108F4N30O2. The Labute approximate surface area is 748 Å². The molecule has 4 aromatic carbocycles. The number of ether oxygens (including phenoxy) is 2. The topological polar surface area (TPSA) is 506 Å². The van der Waals surface area contributed by atoms with Crippen molar-refractivity contribution in [3.63, 3.8) is 0 Å². The Morgan fingerprint density at radius 3 is 1.15 bits per heavy atom. The molecule has 11 heterocycles. The van der Waals surface area contributed by atoms with Gasteiger partial charge in [0, 0.05) is 65.0 Å². The summed E-state index contributed by atoms with van der Waals surface area (Å²) < 4.78 is 64.1. The van der Waals surface area contributed by atoms with Crippen molar-refractivity contribution >= 4 is 143 Å². The Morgan fingerprint density at radius 2 is 0.723 bits per heavy atom. The molecule has 130 heavy (non-hydrogen) atoms. The van der Waals surface area contributed by atoms with E-state index < -0.39 is 23.3 Å². The maximum Gasteiger partial charge on any atom is 0.224 e. The van der Waals surface area contributed by atoms with Gasteiger partial charge in [0.2, 0.25) is 29.7 Å². The maximum absolute atomic E-state index is 13.4. The highest BCUT2D eigenvalue weighted by Crippen LogP contribution is 2.44. The number of hydrogen-bond acceptors (Lipinski definition) is 32. The zero-order valence-corrected chi connectivity index (χ0v) is 73.4. The molecular weight excluding hydrogens is 1660 g/mol. The van der Waals surface area contributed by atoms with Gasteiger partial charge < -0.3 is 92.1 Å². The van der Waals surface area contributed by atoms with Gasteiger partial charge >= 0.3 is 0 Å². The van der Waals surface area contributed by atoms with Gasteiger partial charge in [-0.2, -0.15) is 49.8 Å². The van der Waals surface area contributed by atoms with E-state index in [2.05, 4.69) is 116 Å². The monoisotopic (exact) mass is 1760 g/mol. The summed E-state index contributed by atoms with van der Waals surface area (Å²) >= 11 is 0. The van der Waals surface area contributed by atoms with E-state index in [9.17, 15) is 17.6 Å². The second-order valence-electron chi connectivity index (χ2n) is 34.2. The molecule has 1 aliphatic heterocycles. The standard InChI is InChI=1S/C21H26N6O2.C19H20N6.2C18H18F2N6.C18H26N6/c1-27(11-12-8-13(28-2)10-14(9-12)29-3)20-16-7-5-4-6-15(16)17-18(22)24-21(23)26-19(17)25-20;20-16-15-13-7-3-4-8-14(13)18(23-17(15)24-19(21)22-16)25-9-11-5-1-2-6-12(11)10-25;19-10-5-9(6-11(20)7-10)8-23-16-13-4-2-1-3-12(13)14-15(21)24-18(22)26-17(14)25-16;19-12-6-5-9(7-13(12)20)8-23-16-11-4-2-1-3-10(11)14-15(21)24-18(22)26-17(14)25-16;1-24(11-7-3-2-4-8-11)17-13-10-6-5-9-12(13)14-15(19)21-18(20)23-16(14)22-17/h8-10H,4-7,11H2,1-3H3,(H4,22,23,24,25,26);1-2,5-6H,3-4,7-10H2,(H4,20,21,22,23,24);2*5-7H,1-4,8H2,(H5,21,22,23,24,25,26);11H,2-10H2,1H3,(H4,19,20,21,22,23). The van der Waals surface area contributed by atoms with Gasteiger partial charge in [0.05, 0.1) is 41.2 Å². The van der Waals surface area contributed by atoms with E-state index in [1.54, 1.807) is 14.2 Å². The van der Waals surface area contributed by atoms with Gasteiger partial charge in [0.1, 0.15) is 81.3 Å². The summed E-state index contributed by atoms with van der Waals surface area (Å²) in [7, 11) is 7.52. The van der Waals surface area contributed by atoms with Crippen LogP contribution in [-0.4, -0.2) is 109 Å². The van der Waals surface area contributed by atoms with Crippen molar-refractivity contribution in [1.29, 1.82) is 0 Å². The molecule has 36 heteroatoms. The first kappa shape index (κ1) is 87.7. The summed E-state index contributed by atoms with van der Waals surface area (Å²) in [5.74, 6) is 5.59. The molecule has 6 aliphatic carbocycles. The first-order valence-electron chi connectivity index (χ1n) is 44.5. The Bertz CT molecular complexity index is 6610. The molecule has 10 aromatic heterocycles. The predicted octanol–water partition coefficient (Wildman–Crippen LogP) is 14.1. The lowest BCUT2D eigenvalue weighted by Gasteiger charge is -2.35. The molecule has 14 aromatic rings. The lowest BCUT2D eigenvalue weighted by atomic mass is 9.88. The second kappa shape index (κ2) is 37.9. The summed E-state index contributed by atoms with van der Waals surface area (Å²) in [5.41, 5.74) is 79.1. The highest BCUT2D eigenvalue weighted by Gasteiger charge is 2.33.